The van der Waals surface area contributed by atoms with Crippen LogP contribution in [0.4, 0.5) is 0 Å². The molecule has 2 aliphatic rings. The summed E-state index contributed by atoms with van der Waals surface area (Å²) < 4.78 is 9.99. The number of ether oxygens (including phenoxy) is 2. The number of hydrogen-bond donors (Lipinski definition) is 0. The Balaban J connectivity index is 2.05. The van der Waals surface area contributed by atoms with E-state index in [9.17, 15) is 9.59 Å². The Morgan fingerprint density at radius 1 is 1.62 bits per heavy atom. The summed E-state index contributed by atoms with van der Waals surface area (Å²) in [6.07, 6.45) is 3.40. The number of rotatable bonds is 1. The van der Waals surface area contributed by atoms with E-state index < -0.39 is 0 Å². The van der Waals surface area contributed by atoms with Gasteiger partial charge in [-0.2, -0.15) is 0 Å². The minimum absolute atomic E-state index is 0.0943. The SMILES string of the molecule is CC(=O)O[C@H]1C=C[C@H]2CC(=O)O[C@@H]12. The second-order valence-electron chi connectivity index (χ2n) is 3.28. The molecular weight excluding hydrogens is 172 g/mol. The maximum atomic E-state index is 10.9. The van der Waals surface area contributed by atoms with Crippen molar-refractivity contribution in [1.29, 1.82) is 0 Å². The van der Waals surface area contributed by atoms with Crippen LogP contribution in [0.1, 0.15) is 13.3 Å². The van der Waals surface area contributed by atoms with Crippen molar-refractivity contribution in [3.63, 3.8) is 0 Å². The van der Waals surface area contributed by atoms with Crippen molar-refractivity contribution in [1.82, 2.24) is 0 Å². The summed E-state index contributed by atoms with van der Waals surface area (Å²) >= 11 is 0. The largest absolute Gasteiger partial charge is 0.457 e. The van der Waals surface area contributed by atoms with E-state index in [1.165, 1.54) is 6.92 Å². The van der Waals surface area contributed by atoms with Gasteiger partial charge < -0.3 is 9.47 Å². The van der Waals surface area contributed by atoms with Gasteiger partial charge in [-0.25, -0.2) is 0 Å². The molecule has 13 heavy (non-hydrogen) atoms. The van der Waals surface area contributed by atoms with Crippen LogP contribution < -0.4 is 0 Å². The first-order valence-electron chi connectivity index (χ1n) is 4.22. The molecule has 0 radical (unpaired) electrons. The van der Waals surface area contributed by atoms with Gasteiger partial charge in [0.2, 0.25) is 0 Å². The van der Waals surface area contributed by atoms with E-state index in [-0.39, 0.29) is 30.1 Å². The zero-order valence-electron chi connectivity index (χ0n) is 7.23. The minimum atomic E-state index is -0.381. The van der Waals surface area contributed by atoms with Crippen LogP contribution >= 0.6 is 0 Å². The van der Waals surface area contributed by atoms with Crippen LogP contribution in [-0.4, -0.2) is 24.1 Å². The lowest BCUT2D eigenvalue weighted by Gasteiger charge is -2.16. The fourth-order valence-electron chi connectivity index (χ4n) is 1.74. The highest BCUT2D eigenvalue weighted by Gasteiger charge is 2.43. The third-order valence-corrected chi connectivity index (χ3v) is 2.27. The smallest absolute Gasteiger partial charge is 0.306 e. The summed E-state index contributed by atoms with van der Waals surface area (Å²) in [5.41, 5.74) is 0. The number of hydrogen-bond acceptors (Lipinski definition) is 4. The van der Waals surface area contributed by atoms with E-state index in [4.69, 9.17) is 9.47 Å². The molecule has 1 saturated heterocycles. The lowest BCUT2D eigenvalue weighted by Crippen LogP contribution is -2.28. The molecular formula is C9H10O4. The van der Waals surface area contributed by atoms with Gasteiger partial charge >= 0.3 is 11.9 Å². The quantitative estimate of drug-likeness (QED) is 0.435. The molecule has 70 valence electrons. The first kappa shape index (κ1) is 8.29. The lowest BCUT2D eigenvalue weighted by atomic mass is 10.1. The van der Waals surface area contributed by atoms with Gasteiger partial charge in [0.25, 0.3) is 0 Å². The van der Waals surface area contributed by atoms with E-state index in [0.29, 0.717) is 6.42 Å². The third-order valence-electron chi connectivity index (χ3n) is 2.27. The van der Waals surface area contributed by atoms with E-state index >= 15 is 0 Å². The Bertz CT molecular complexity index is 281. The van der Waals surface area contributed by atoms with E-state index in [1.54, 1.807) is 6.08 Å². The standard InChI is InChI=1S/C9H10O4/c1-5(10)12-7-3-2-6-4-8(11)13-9(6)7/h2-3,6-7,9H,4H2,1H3/t6-,7-,9+/m0/s1. The number of carbonyl (C=O) groups excluding carboxylic acids is 2. The predicted molar refractivity (Wildman–Crippen MR) is 42.7 cm³/mol. The van der Waals surface area contributed by atoms with Gasteiger partial charge in [0, 0.05) is 12.8 Å². The first-order chi connectivity index (χ1) is 6.16. The zero-order valence-corrected chi connectivity index (χ0v) is 7.23. The van der Waals surface area contributed by atoms with Crippen LogP contribution in [-0.2, 0) is 19.1 Å². The summed E-state index contributed by atoms with van der Waals surface area (Å²) in [6, 6.07) is 0. The van der Waals surface area contributed by atoms with Crippen LogP contribution in [0.15, 0.2) is 12.2 Å². The fourth-order valence-corrected chi connectivity index (χ4v) is 1.74. The Morgan fingerprint density at radius 2 is 2.38 bits per heavy atom. The van der Waals surface area contributed by atoms with E-state index in [2.05, 4.69) is 0 Å². The summed E-state index contributed by atoms with van der Waals surface area (Å²) in [6.45, 7) is 1.35. The van der Waals surface area contributed by atoms with Gasteiger partial charge in [0.15, 0.2) is 6.10 Å². The normalized spacial score (nSPS) is 35.8. The Kier molecular flexibility index (Phi) is 1.83. The molecule has 0 bridgehead atoms. The van der Waals surface area contributed by atoms with Crippen molar-refractivity contribution in [2.24, 2.45) is 5.92 Å². The molecule has 0 unspecified atom stereocenters. The molecule has 1 aliphatic heterocycles. The highest BCUT2D eigenvalue weighted by molar-refractivity contribution is 5.73. The van der Waals surface area contributed by atoms with Gasteiger partial charge in [-0.3, -0.25) is 9.59 Å². The predicted octanol–water partition coefficient (Wildman–Crippen LogP) is 0.420. The summed E-state index contributed by atoms with van der Waals surface area (Å²) in [5, 5.41) is 0. The number of esters is 2. The molecule has 4 heteroatoms. The van der Waals surface area contributed by atoms with Crippen molar-refractivity contribution in [2.45, 2.75) is 25.6 Å². The molecule has 1 heterocycles. The Labute approximate surface area is 75.5 Å². The molecule has 3 atom stereocenters. The Hall–Kier alpha value is -1.32. The molecule has 0 saturated carbocycles. The van der Waals surface area contributed by atoms with Crippen LogP contribution in [0.25, 0.3) is 0 Å². The summed E-state index contributed by atoms with van der Waals surface area (Å²) in [4.78, 5) is 21.6. The second-order valence-corrected chi connectivity index (χ2v) is 3.28. The van der Waals surface area contributed by atoms with Crippen LogP contribution in [0.3, 0.4) is 0 Å². The molecule has 0 N–H and O–H groups in total. The Morgan fingerprint density at radius 3 is 3.08 bits per heavy atom. The zero-order chi connectivity index (χ0) is 9.42. The highest BCUT2D eigenvalue weighted by Crippen LogP contribution is 2.32. The molecule has 1 aliphatic carbocycles. The molecule has 0 aromatic rings. The summed E-state index contributed by atoms with van der Waals surface area (Å²) in [7, 11) is 0. The third kappa shape index (κ3) is 1.43. The molecule has 0 amide bonds. The van der Waals surface area contributed by atoms with Crippen molar-refractivity contribution >= 4 is 11.9 Å². The van der Waals surface area contributed by atoms with Crippen LogP contribution in [0, 0.1) is 5.92 Å². The molecule has 1 fully saturated rings. The molecule has 2 rings (SSSR count). The minimum Gasteiger partial charge on any atom is -0.457 e. The second kappa shape index (κ2) is 2.87. The topological polar surface area (TPSA) is 52.6 Å². The number of carbonyl (C=O) groups is 2. The van der Waals surface area contributed by atoms with E-state index in [1.807, 2.05) is 6.08 Å². The van der Waals surface area contributed by atoms with Crippen molar-refractivity contribution in [2.75, 3.05) is 0 Å². The van der Waals surface area contributed by atoms with Gasteiger partial charge in [-0.1, -0.05) is 6.08 Å². The van der Waals surface area contributed by atoms with Gasteiger partial charge in [0.05, 0.1) is 6.42 Å². The lowest BCUT2D eigenvalue weighted by molar-refractivity contribution is -0.156. The fraction of sp³-hybridized carbons (Fsp3) is 0.556. The molecule has 4 nitrogen and oxygen atoms in total. The van der Waals surface area contributed by atoms with Gasteiger partial charge in [0.1, 0.15) is 6.10 Å². The van der Waals surface area contributed by atoms with Crippen LogP contribution in [0.2, 0.25) is 0 Å². The van der Waals surface area contributed by atoms with Crippen molar-refractivity contribution < 1.29 is 19.1 Å². The molecule has 0 aromatic heterocycles. The van der Waals surface area contributed by atoms with Gasteiger partial charge in [-0.15, -0.1) is 0 Å². The number of fused-ring (bicyclic) bond motifs is 1. The maximum Gasteiger partial charge on any atom is 0.306 e. The van der Waals surface area contributed by atoms with Crippen LogP contribution in [0.5, 0.6) is 0 Å². The summed E-state index contributed by atoms with van der Waals surface area (Å²) in [5.74, 6) is -0.466. The monoisotopic (exact) mass is 182 g/mol. The van der Waals surface area contributed by atoms with Crippen molar-refractivity contribution in [3.8, 4) is 0 Å². The maximum absolute atomic E-state index is 10.9. The average Bonchev–Trinajstić information content (AvgIpc) is 2.51. The van der Waals surface area contributed by atoms with Crippen molar-refractivity contribution in [3.05, 3.63) is 12.2 Å². The highest BCUT2D eigenvalue weighted by atomic mass is 16.6. The van der Waals surface area contributed by atoms with E-state index in [0.717, 1.165) is 0 Å². The molecule has 0 aromatic carbocycles. The first-order valence-corrected chi connectivity index (χ1v) is 4.22. The molecule has 0 spiro atoms. The average molecular weight is 182 g/mol. The van der Waals surface area contributed by atoms with Gasteiger partial charge in [-0.05, 0) is 6.08 Å².